The Balaban J connectivity index is 2.08. The number of nitrogens with zero attached hydrogens (tertiary/aromatic N) is 1. The quantitative estimate of drug-likeness (QED) is 0.839. The van der Waals surface area contributed by atoms with E-state index in [0.717, 1.165) is 5.56 Å². The van der Waals surface area contributed by atoms with Gasteiger partial charge in [0.05, 0.1) is 17.2 Å². The highest BCUT2D eigenvalue weighted by Gasteiger charge is 2.14. The number of ether oxygens (including phenoxy) is 1. The molecule has 0 unspecified atom stereocenters. The van der Waals surface area contributed by atoms with Crippen molar-refractivity contribution < 1.29 is 19.4 Å². The second kappa shape index (κ2) is 7.99. The molecule has 0 saturated carbocycles. The minimum atomic E-state index is -1.15. The summed E-state index contributed by atoms with van der Waals surface area (Å²) >= 11 is 5.85. The smallest absolute Gasteiger partial charge is 0.341 e. The molecule has 0 fully saturated rings. The maximum atomic E-state index is 12.3. The van der Waals surface area contributed by atoms with Crippen LogP contribution in [0.2, 0.25) is 5.02 Å². The van der Waals surface area contributed by atoms with Crippen LogP contribution in [0.1, 0.15) is 21.5 Å². The minimum Gasteiger partial charge on any atom is -0.481 e. The van der Waals surface area contributed by atoms with Crippen molar-refractivity contribution in [1.82, 2.24) is 5.32 Å². The van der Waals surface area contributed by atoms with Crippen molar-refractivity contribution in [2.75, 3.05) is 6.61 Å². The third kappa shape index (κ3) is 4.73. The van der Waals surface area contributed by atoms with Gasteiger partial charge in [0.2, 0.25) is 0 Å². The summed E-state index contributed by atoms with van der Waals surface area (Å²) in [5.74, 6) is -1.47. The highest BCUT2D eigenvalue weighted by molar-refractivity contribution is 6.30. The second-order valence-corrected chi connectivity index (χ2v) is 5.25. The van der Waals surface area contributed by atoms with Gasteiger partial charge in [0, 0.05) is 11.6 Å². The van der Waals surface area contributed by atoms with Crippen LogP contribution >= 0.6 is 11.6 Å². The van der Waals surface area contributed by atoms with Crippen LogP contribution in [-0.4, -0.2) is 23.6 Å². The molecule has 0 aliphatic heterocycles. The fourth-order valence-electron chi connectivity index (χ4n) is 1.92. The Labute approximate surface area is 143 Å². The van der Waals surface area contributed by atoms with Gasteiger partial charge in [0.25, 0.3) is 5.91 Å². The molecule has 6 nitrogen and oxygen atoms in total. The number of halogens is 1. The molecule has 2 N–H and O–H groups in total. The molecule has 1 amide bonds. The van der Waals surface area contributed by atoms with E-state index in [1.54, 1.807) is 24.3 Å². The van der Waals surface area contributed by atoms with Crippen molar-refractivity contribution in [1.29, 1.82) is 5.26 Å². The number of nitrogens with one attached hydrogen (secondary N) is 1. The third-order valence-corrected chi connectivity index (χ3v) is 3.31. The van der Waals surface area contributed by atoms with Gasteiger partial charge in [-0.25, -0.2) is 4.79 Å². The molecule has 122 valence electrons. The minimum absolute atomic E-state index is 0.0993. The number of carbonyl (C=O) groups is 2. The maximum absolute atomic E-state index is 12.3. The first kappa shape index (κ1) is 17.3. The van der Waals surface area contributed by atoms with Gasteiger partial charge < -0.3 is 15.2 Å². The fraction of sp³-hybridized carbons (Fsp3) is 0.118. The lowest BCUT2D eigenvalue weighted by Gasteiger charge is -2.11. The number of hydrogen-bond donors (Lipinski definition) is 2. The molecule has 0 atom stereocenters. The molecule has 0 heterocycles. The lowest BCUT2D eigenvalue weighted by Crippen LogP contribution is -2.24. The number of carboxylic acids is 1. The van der Waals surface area contributed by atoms with Gasteiger partial charge >= 0.3 is 5.97 Å². The zero-order chi connectivity index (χ0) is 17.5. The predicted octanol–water partition coefficient (Wildman–Crippen LogP) is 2.61. The summed E-state index contributed by atoms with van der Waals surface area (Å²) in [6.45, 7) is -0.318. The molecule has 24 heavy (non-hydrogen) atoms. The predicted molar refractivity (Wildman–Crippen MR) is 86.9 cm³/mol. The number of hydrogen-bond acceptors (Lipinski definition) is 4. The number of rotatable bonds is 6. The average molecular weight is 345 g/mol. The van der Waals surface area contributed by atoms with Gasteiger partial charge in [-0.1, -0.05) is 23.7 Å². The van der Waals surface area contributed by atoms with Crippen LogP contribution < -0.4 is 10.1 Å². The van der Waals surface area contributed by atoms with E-state index >= 15 is 0 Å². The van der Waals surface area contributed by atoms with Crippen LogP contribution in [-0.2, 0) is 11.3 Å². The molecule has 2 aromatic carbocycles. The lowest BCUT2D eigenvalue weighted by atomic mass is 10.1. The van der Waals surface area contributed by atoms with Gasteiger partial charge in [0.1, 0.15) is 5.75 Å². The Morgan fingerprint density at radius 1 is 1.21 bits per heavy atom. The van der Waals surface area contributed by atoms with Crippen molar-refractivity contribution in [3.05, 3.63) is 64.2 Å². The molecule has 0 aromatic heterocycles. The third-order valence-electron chi connectivity index (χ3n) is 3.08. The molecule has 0 aliphatic carbocycles. The SMILES string of the molecule is N#Cc1ccc(CNC(=O)c2ccc(Cl)cc2OCC(=O)O)cc1. The van der Waals surface area contributed by atoms with Crippen LogP contribution in [0, 0.1) is 11.3 Å². The van der Waals surface area contributed by atoms with Gasteiger partial charge in [0.15, 0.2) is 6.61 Å². The lowest BCUT2D eigenvalue weighted by molar-refractivity contribution is -0.139. The zero-order valence-corrected chi connectivity index (χ0v) is 13.2. The Kier molecular flexibility index (Phi) is 5.77. The topological polar surface area (TPSA) is 99.4 Å². The Bertz CT molecular complexity index is 797. The Hall–Kier alpha value is -3.04. The summed E-state index contributed by atoms with van der Waals surface area (Å²) in [5.41, 5.74) is 1.55. The van der Waals surface area contributed by atoms with E-state index in [4.69, 9.17) is 26.7 Å². The van der Waals surface area contributed by atoms with Crippen LogP contribution in [0.25, 0.3) is 0 Å². The van der Waals surface area contributed by atoms with Crippen molar-refractivity contribution >= 4 is 23.5 Å². The molecule has 2 aromatic rings. The number of aliphatic carboxylic acids is 1. The normalized spacial score (nSPS) is 9.83. The maximum Gasteiger partial charge on any atom is 0.341 e. The van der Waals surface area contributed by atoms with Crippen molar-refractivity contribution in [3.63, 3.8) is 0 Å². The van der Waals surface area contributed by atoms with E-state index in [9.17, 15) is 9.59 Å². The van der Waals surface area contributed by atoms with Crippen LogP contribution in [0.15, 0.2) is 42.5 Å². The molecule has 2 rings (SSSR count). The fourth-order valence-corrected chi connectivity index (χ4v) is 2.08. The van der Waals surface area contributed by atoms with Gasteiger partial charge in [-0.05, 0) is 35.9 Å². The van der Waals surface area contributed by atoms with Gasteiger partial charge in [-0.15, -0.1) is 0 Å². The number of carbonyl (C=O) groups excluding carboxylic acids is 1. The van der Waals surface area contributed by atoms with Crippen LogP contribution in [0.5, 0.6) is 5.75 Å². The van der Waals surface area contributed by atoms with E-state index in [1.165, 1.54) is 18.2 Å². The van der Waals surface area contributed by atoms with E-state index in [1.807, 2.05) is 6.07 Å². The van der Waals surface area contributed by atoms with Crippen LogP contribution in [0.4, 0.5) is 0 Å². The number of nitriles is 1. The standard InChI is InChI=1S/C17H13ClN2O4/c18-13-5-6-14(15(7-13)24-10-16(21)22)17(23)20-9-12-3-1-11(8-19)2-4-12/h1-7H,9-10H2,(H,20,23)(H,21,22). The van der Waals surface area contributed by atoms with E-state index in [2.05, 4.69) is 5.32 Å². The number of benzene rings is 2. The summed E-state index contributed by atoms with van der Waals surface area (Å²) in [5, 5.41) is 20.5. The van der Waals surface area contributed by atoms with Gasteiger partial charge in [-0.2, -0.15) is 5.26 Å². The molecule has 0 radical (unpaired) electrons. The molecule has 0 aliphatic rings. The monoisotopic (exact) mass is 344 g/mol. The second-order valence-electron chi connectivity index (χ2n) is 4.81. The van der Waals surface area contributed by atoms with Crippen molar-refractivity contribution in [2.24, 2.45) is 0 Å². The first-order valence-corrected chi connectivity index (χ1v) is 7.29. The average Bonchev–Trinajstić information content (AvgIpc) is 2.58. The molecule has 0 spiro atoms. The molecular formula is C17H13ClN2O4. The van der Waals surface area contributed by atoms with E-state index in [-0.39, 0.29) is 17.9 Å². The van der Waals surface area contributed by atoms with E-state index in [0.29, 0.717) is 10.6 Å². The van der Waals surface area contributed by atoms with E-state index < -0.39 is 18.5 Å². The van der Waals surface area contributed by atoms with Crippen molar-refractivity contribution in [3.8, 4) is 11.8 Å². The highest BCUT2D eigenvalue weighted by Crippen LogP contribution is 2.23. The summed E-state index contributed by atoms with van der Waals surface area (Å²) in [7, 11) is 0. The summed E-state index contributed by atoms with van der Waals surface area (Å²) in [6.07, 6.45) is 0. The Morgan fingerprint density at radius 3 is 2.54 bits per heavy atom. The zero-order valence-electron chi connectivity index (χ0n) is 12.5. The molecule has 0 saturated heterocycles. The highest BCUT2D eigenvalue weighted by atomic mass is 35.5. The summed E-state index contributed by atoms with van der Waals surface area (Å²) in [6, 6.07) is 13.2. The molecule has 7 heteroatoms. The van der Waals surface area contributed by atoms with Crippen LogP contribution in [0.3, 0.4) is 0 Å². The Morgan fingerprint density at radius 2 is 1.92 bits per heavy atom. The molecule has 0 bridgehead atoms. The molecular weight excluding hydrogens is 332 g/mol. The summed E-state index contributed by atoms with van der Waals surface area (Å²) < 4.78 is 5.10. The first-order chi connectivity index (χ1) is 11.5. The number of carboxylic acid groups (broad SMARTS) is 1. The largest absolute Gasteiger partial charge is 0.481 e. The summed E-state index contributed by atoms with van der Waals surface area (Å²) in [4.78, 5) is 22.9. The van der Waals surface area contributed by atoms with Crippen molar-refractivity contribution in [2.45, 2.75) is 6.54 Å². The van der Waals surface area contributed by atoms with Gasteiger partial charge in [-0.3, -0.25) is 4.79 Å². The number of amides is 1. The first-order valence-electron chi connectivity index (χ1n) is 6.91.